The predicted molar refractivity (Wildman–Crippen MR) is 76.2 cm³/mol. The van der Waals surface area contributed by atoms with E-state index in [9.17, 15) is 0 Å². The molecule has 0 aromatic carbocycles. The topological polar surface area (TPSA) is 29.3 Å². The Morgan fingerprint density at radius 3 is 2.35 bits per heavy atom. The number of likely N-dealkylation sites (N-methyl/N-ethyl adjacent to an activating group) is 1. The minimum atomic E-state index is 0.241. The number of hydrogen-bond acceptors (Lipinski definition) is 2. The normalized spacial score (nSPS) is 19.6. The van der Waals surface area contributed by atoms with Crippen LogP contribution in [0.1, 0.15) is 65.7 Å². The lowest BCUT2D eigenvalue weighted by Crippen LogP contribution is -2.52. The van der Waals surface area contributed by atoms with Crippen LogP contribution in [-0.2, 0) is 0 Å². The second-order valence-electron chi connectivity index (χ2n) is 5.99. The number of hydrogen-bond donors (Lipinski definition) is 1. The van der Waals surface area contributed by atoms with Crippen LogP contribution in [0.4, 0.5) is 0 Å². The molecule has 1 unspecified atom stereocenters. The third kappa shape index (κ3) is 4.97. The van der Waals surface area contributed by atoms with Gasteiger partial charge in [-0.2, -0.15) is 0 Å². The maximum Gasteiger partial charge on any atom is 0.0303 e. The van der Waals surface area contributed by atoms with Crippen molar-refractivity contribution in [2.75, 3.05) is 19.6 Å². The molecule has 0 bridgehead atoms. The van der Waals surface area contributed by atoms with Gasteiger partial charge in [-0.15, -0.1) is 0 Å². The van der Waals surface area contributed by atoms with Crippen molar-refractivity contribution in [3.8, 4) is 0 Å². The van der Waals surface area contributed by atoms with E-state index in [1.165, 1.54) is 51.5 Å². The van der Waals surface area contributed by atoms with Gasteiger partial charge in [-0.05, 0) is 38.6 Å². The molecule has 2 nitrogen and oxygen atoms in total. The highest BCUT2D eigenvalue weighted by Crippen LogP contribution is 2.33. The molecule has 0 aliphatic heterocycles. The van der Waals surface area contributed by atoms with Crippen LogP contribution in [0.25, 0.3) is 0 Å². The molecule has 0 aromatic rings. The van der Waals surface area contributed by atoms with Crippen LogP contribution < -0.4 is 5.73 Å². The summed E-state index contributed by atoms with van der Waals surface area (Å²) in [6, 6.07) is 0. The summed E-state index contributed by atoms with van der Waals surface area (Å²) in [5.74, 6) is 0.969. The molecule has 2 N–H and O–H groups in total. The van der Waals surface area contributed by atoms with E-state index in [-0.39, 0.29) is 5.54 Å². The van der Waals surface area contributed by atoms with Crippen molar-refractivity contribution in [3.05, 3.63) is 0 Å². The number of unbranched alkanes of at least 4 members (excludes halogenated alkanes) is 3. The van der Waals surface area contributed by atoms with Crippen LogP contribution in [0, 0.1) is 5.92 Å². The Kier molecular flexibility index (Phi) is 6.50. The summed E-state index contributed by atoms with van der Waals surface area (Å²) in [6.07, 6.45) is 9.54. The first-order valence-electron chi connectivity index (χ1n) is 7.61. The highest BCUT2D eigenvalue weighted by atomic mass is 15.2. The second kappa shape index (κ2) is 7.38. The van der Waals surface area contributed by atoms with Crippen LogP contribution in [0.15, 0.2) is 0 Å². The molecule has 1 aliphatic rings. The maximum atomic E-state index is 6.05. The minimum absolute atomic E-state index is 0.241. The van der Waals surface area contributed by atoms with E-state index >= 15 is 0 Å². The molecule has 0 spiro atoms. The fourth-order valence-electron chi connectivity index (χ4n) is 2.67. The first-order chi connectivity index (χ1) is 8.16. The number of rotatable bonds is 10. The third-order valence-corrected chi connectivity index (χ3v) is 4.33. The average Bonchev–Trinajstić information content (AvgIpc) is 3.15. The van der Waals surface area contributed by atoms with Gasteiger partial charge in [-0.1, -0.05) is 39.5 Å². The van der Waals surface area contributed by atoms with Crippen LogP contribution in [0.3, 0.4) is 0 Å². The molecule has 1 fully saturated rings. The smallest absolute Gasteiger partial charge is 0.0303 e. The Morgan fingerprint density at radius 1 is 1.18 bits per heavy atom. The molecule has 0 radical (unpaired) electrons. The van der Waals surface area contributed by atoms with Gasteiger partial charge in [0.2, 0.25) is 0 Å². The maximum absolute atomic E-state index is 6.05. The molecule has 102 valence electrons. The highest BCUT2D eigenvalue weighted by molar-refractivity contribution is 4.90. The Labute approximate surface area is 108 Å². The fraction of sp³-hybridized carbons (Fsp3) is 1.00. The van der Waals surface area contributed by atoms with Crippen molar-refractivity contribution < 1.29 is 0 Å². The summed E-state index contributed by atoms with van der Waals surface area (Å²) in [4.78, 5) is 2.64. The van der Waals surface area contributed by atoms with E-state index in [1.54, 1.807) is 0 Å². The van der Waals surface area contributed by atoms with Gasteiger partial charge in [-0.3, -0.25) is 4.90 Å². The van der Waals surface area contributed by atoms with Gasteiger partial charge < -0.3 is 5.73 Å². The molecule has 1 aliphatic carbocycles. The first kappa shape index (κ1) is 15.0. The van der Waals surface area contributed by atoms with Crippen molar-refractivity contribution >= 4 is 0 Å². The molecular weight excluding hydrogens is 208 g/mol. The average molecular weight is 240 g/mol. The van der Waals surface area contributed by atoms with Crippen molar-refractivity contribution in [2.45, 2.75) is 71.3 Å². The van der Waals surface area contributed by atoms with E-state index in [1.807, 2.05) is 0 Å². The Bertz CT molecular complexity index is 201. The van der Waals surface area contributed by atoms with Gasteiger partial charge in [0.15, 0.2) is 0 Å². The van der Waals surface area contributed by atoms with E-state index in [0.29, 0.717) is 0 Å². The summed E-state index contributed by atoms with van der Waals surface area (Å²) in [5.41, 5.74) is 6.29. The van der Waals surface area contributed by atoms with E-state index in [2.05, 4.69) is 25.7 Å². The minimum Gasteiger partial charge on any atom is -0.329 e. The van der Waals surface area contributed by atoms with Crippen LogP contribution in [0.5, 0.6) is 0 Å². The lowest BCUT2D eigenvalue weighted by Gasteiger charge is -2.40. The number of nitrogens with two attached hydrogens (primary N) is 1. The summed E-state index contributed by atoms with van der Waals surface area (Å²) in [6.45, 7) is 10.1. The fourth-order valence-corrected chi connectivity index (χ4v) is 2.67. The van der Waals surface area contributed by atoms with Crippen molar-refractivity contribution in [1.29, 1.82) is 0 Å². The molecule has 0 amide bonds. The number of nitrogens with zero attached hydrogens (tertiary/aromatic N) is 1. The Hall–Kier alpha value is -0.0800. The Morgan fingerprint density at radius 2 is 1.88 bits per heavy atom. The SMILES string of the molecule is CCCCCCC(C)(CN)N(CC)CC1CC1. The molecular formula is C15H32N2. The van der Waals surface area contributed by atoms with Gasteiger partial charge in [0.05, 0.1) is 0 Å². The molecule has 1 rings (SSSR count). The Balaban J connectivity index is 2.38. The zero-order valence-electron chi connectivity index (χ0n) is 12.2. The quantitative estimate of drug-likeness (QED) is 0.593. The molecule has 17 heavy (non-hydrogen) atoms. The predicted octanol–water partition coefficient (Wildman–Crippen LogP) is 3.41. The molecule has 2 heteroatoms. The standard InChI is InChI=1S/C15H32N2/c1-4-6-7-8-11-15(3,13-16)17(5-2)12-14-9-10-14/h14H,4-13,16H2,1-3H3. The molecule has 1 saturated carbocycles. The molecule has 1 atom stereocenters. The van der Waals surface area contributed by atoms with Gasteiger partial charge in [0, 0.05) is 18.6 Å². The van der Waals surface area contributed by atoms with Gasteiger partial charge in [0.1, 0.15) is 0 Å². The lowest BCUT2D eigenvalue weighted by atomic mass is 9.91. The molecule has 0 saturated heterocycles. The zero-order chi connectivity index (χ0) is 12.7. The summed E-state index contributed by atoms with van der Waals surface area (Å²) in [7, 11) is 0. The van der Waals surface area contributed by atoms with E-state index in [4.69, 9.17) is 5.73 Å². The van der Waals surface area contributed by atoms with Crippen molar-refractivity contribution in [3.63, 3.8) is 0 Å². The van der Waals surface area contributed by atoms with Crippen LogP contribution in [0.2, 0.25) is 0 Å². The van der Waals surface area contributed by atoms with Crippen molar-refractivity contribution in [1.82, 2.24) is 4.90 Å². The van der Waals surface area contributed by atoms with Crippen molar-refractivity contribution in [2.24, 2.45) is 11.7 Å². The van der Waals surface area contributed by atoms with Crippen LogP contribution >= 0.6 is 0 Å². The van der Waals surface area contributed by atoms with Crippen LogP contribution in [-0.4, -0.2) is 30.1 Å². The first-order valence-corrected chi connectivity index (χ1v) is 7.61. The van der Waals surface area contributed by atoms with Gasteiger partial charge in [-0.25, -0.2) is 0 Å². The molecule has 0 aromatic heterocycles. The highest BCUT2D eigenvalue weighted by Gasteiger charge is 2.33. The van der Waals surface area contributed by atoms with E-state index in [0.717, 1.165) is 19.0 Å². The summed E-state index contributed by atoms with van der Waals surface area (Å²) < 4.78 is 0. The lowest BCUT2D eigenvalue weighted by molar-refractivity contribution is 0.0990. The summed E-state index contributed by atoms with van der Waals surface area (Å²) in [5, 5.41) is 0. The van der Waals surface area contributed by atoms with Gasteiger partial charge >= 0.3 is 0 Å². The van der Waals surface area contributed by atoms with E-state index < -0.39 is 0 Å². The second-order valence-corrected chi connectivity index (χ2v) is 5.99. The third-order valence-electron chi connectivity index (χ3n) is 4.33. The largest absolute Gasteiger partial charge is 0.329 e. The summed E-state index contributed by atoms with van der Waals surface area (Å²) >= 11 is 0. The van der Waals surface area contributed by atoms with Gasteiger partial charge in [0.25, 0.3) is 0 Å². The monoisotopic (exact) mass is 240 g/mol. The zero-order valence-corrected chi connectivity index (χ0v) is 12.2. The molecule has 0 heterocycles.